The lowest BCUT2D eigenvalue weighted by molar-refractivity contribution is 0.138. The molecule has 0 N–H and O–H groups in total. The zero-order chi connectivity index (χ0) is 14.1. The molecule has 104 valence electrons. The number of nitrogens with zero attached hydrogens (tertiary/aromatic N) is 3. The van der Waals surface area contributed by atoms with Crippen molar-refractivity contribution >= 4 is 0 Å². The van der Waals surface area contributed by atoms with Crippen molar-refractivity contribution in [3.05, 3.63) is 75.6 Å². The van der Waals surface area contributed by atoms with Crippen molar-refractivity contribution in [2.24, 2.45) is 11.8 Å². The fourth-order valence-electron chi connectivity index (χ4n) is 3.84. The zero-order valence-corrected chi connectivity index (χ0v) is 11.2. The summed E-state index contributed by atoms with van der Waals surface area (Å²) in [6, 6.07) is 9.05. The van der Waals surface area contributed by atoms with Crippen molar-refractivity contribution in [2.75, 3.05) is 0 Å². The molecule has 1 aromatic heterocycles. The fourth-order valence-corrected chi connectivity index (χ4v) is 3.84. The molecule has 0 amide bonds. The number of hydrogen-bond donors (Lipinski definition) is 0. The summed E-state index contributed by atoms with van der Waals surface area (Å²) in [6.45, 7) is 0. The molecule has 0 spiro atoms. The largest absolute Gasteiger partial charge is 0.352 e. The third kappa shape index (κ3) is 1.18. The topological polar surface area (TPSA) is 48.9 Å². The lowest BCUT2D eigenvalue weighted by Crippen LogP contribution is -2.50. The van der Waals surface area contributed by atoms with Crippen LogP contribution in [-0.4, -0.2) is 13.9 Å². The molecule has 1 aromatic carbocycles. The molecule has 4 aliphatic rings. The highest BCUT2D eigenvalue weighted by molar-refractivity contribution is 5.33. The maximum Gasteiger partial charge on any atom is 0.352 e. The Hall–Kier alpha value is -2.56. The number of benzene rings is 1. The van der Waals surface area contributed by atoms with Crippen LogP contribution in [0.25, 0.3) is 5.69 Å². The third-order valence-corrected chi connectivity index (χ3v) is 4.88. The number of aromatic nitrogens is 3. The summed E-state index contributed by atoms with van der Waals surface area (Å²) in [7, 11) is 0. The van der Waals surface area contributed by atoms with Gasteiger partial charge in [-0.25, -0.2) is 23.5 Å². The highest BCUT2D eigenvalue weighted by atomic mass is 16.2. The molecular weight excluding hydrogens is 266 g/mol. The molecule has 2 aliphatic heterocycles. The number of allylic oxidation sites excluding steroid dienone is 4. The summed E-state index contributed by atoms with van der Waals surface area (Å²) in [5, 5.41) is 0. The third-order valence-electron chi connectivity index (χ3n) is 4.88. The first-order chi connectivity index (χ1) is 10.3. The van der Waals surface area contributed by atoms with E-state index in [2.05, 4.69) is 24.3 Å². The Morgan fingerprint density at radius 1 is 0.714 bits per heavy atom. The SMILES string of the molecule is O=c1n(-c2ccccc2)c(=O)n2n1C1C=CC2C2C=CC21. The summed E-state index contributed by atoms with van der Waals surface area (Å²) in [4.78, 5) is 25.5. The summed E-state index contributed by atoms with van der Waals surface area (Å²) in [6.07, 6.45) is 8.41. The van der Waals surface area contributed by atoms with Gasteiger partial charge in [-0.05, 0) is 12.1 Å². The minimum atomic E-state index is -0.246. The number of para-hydroxylation sites is 1. The van der Waals surface area contributed by atoms with Crippen molar-refractivity contribution in [1.29, 1.82) is 0 Å². The van der Waals surface area contributed by atoms with E-state index in [4.69, 9.17) is 0 Å². The molecule has 5 nitrogen and oxygen atoms in total. The van der Waals surface area contributed by atoms with Crippen LogP contribution < -0.4 is 11.4 Å². The quantitative estimate of drug-likeness (QED) is 0.738. The van der Waals surface area contributed by atoms with Gasteiger partial charge in [-0.2, -0.15) is 0 Å². The van der Waals surface area contributed by atoms with Crippen LogP contribution in [0.3, 0.4) is 0 Å². The highest BCUT2D eigenvalue weighted by Gasteiger charge is 2.47. The van der Waals surface area contributed by atoms with E-state index in [9.17, 15) is 9.59 Å². The van der Waals surface area contributed by atoms with Crippen molar-refractivity contribution in [3.63, 3.8) is 0 Å². The Balaban J connectivity index is 1.83. The molecule has 0 saturated carbocycles. The molecule has 2 bridgehead atoms. The predicted octanol–water partition coefficient (Wildman–Crippen LogP) is 1.27. The van der Waals surface area contributed by atoms with Gasteiger partial charge < -0.3 is 0 Å². The summed E-state index contributed by atoms with van der Waals surface area (Å²) in [5.74, 6) is 0.701. The first-order valence-corrected chi connectivity index (χ1v) is 7.15. The smallest absolute Gasteiger partial charge is 0.245 e. The van der Waals surface area contributed by atoms with Crippen LogP contribution >= 0.6 is 0 Å². The molecule has 0 fully saturated rings. The van der Waals surface area contributed by atoms with Gasteiger partial charge in [0.15, 0.2) is 0 Å². The monoisotopic (exact) mass is 279 g/mol. The van der Waals surface area contributed by atoms with E-state index >= 15 is 0 Å². The first-order valence-electron chi connectivity index (χ1n) is 7.15. The first kappa shape index (κ1) is 11.1. The molecule has 3 heterocycles. The molecule has 5 heteroatoms. The van der Waals surface area contributed by atoms with Gasteiger partial charge in [0, 0.05) is 11.8 Å². The van der Waals surface area contributed by atoms with Crippen LogP contribution in [0, 0.1) is 11.8 Å². The van der Waals surface area contributed by atoms with Gasteiger partial charge in [-0.1, -0.05) is 42.5 Å². The summed E-state index contributed by atoms with van der Waals surface area (Å²) in [5.41, 5.74) is 0.134. The number of hydrogen-bond acceptors (Lipinski definition) is 2. The van der Waals surface area contributed by atoms with Gasteiger partial charge in [-0.15, -0.1) is 0 Å². The molecular formula is C16H13N3O2. The van der Waals surface area contributed by atoms with E-state index in [1.807, 2.05) is 18.2 Å². The Morgan fingerprint density at radius 2 is 1.24 bits per heavy atom. The van der Waals surface area contributed by atoms with Crippen LogP contribution in [0.15, 0.2) is 64.2 Å². The van der Waals surface area contributed by atoms with Crippen LogP contribution in [0.5, 0.6) is 0 Å². The molecule has 21 heavy (non-hydrogen) atoms. The minimum absolute atomic E-state index is 0.0323. The summed E-state index contributed by atoms with van der Waals surface area (Å²) >= 11 is 0. The minimum Gasteiger partial charge on any atom is -0.245 e. The maximum absolute atomic E-state index is 12.7. The van der Waals surface area contributed by atoms with E-state index in [0.29, 0.717) is 17.5 Å². The normalized spacial score (nSPS) is 30.9. The molecule has 4 unspecified atom stereocenters. The van der Waals surface area contributed by atoms with Crippen molar-refractivity contribution < 1.29 is 0 Å². The van der Waals surface area contributed by atoms with Gasteiger partial charge in [0.1, 0.15) is 0 Å². The van der Waals surface area contributed by atoms with Gasteiger partial charge in [0.2, 0.25) is 0 Å². The van der Waals surface area contributed by atoms with Crippen LogP contribution in [0.1, 0.15) is 12.1 Å². The molecule has 4 atom stereocenters. The lowest BCUT2D eigenvalue weighted by atomic mass is 9.68. The van der Waals surface area contributed by atoms with Gasteiger partial charge in [-0.3, -0.25) is 0 Å². The summed E-state index contributed by atoms with van der Waals surface area (Å²) < 4.78 is 4.53. The number of rotatable bonds is 1. The van der Waals surface area contributed by atoms with Gasteiger partial charge >= 0.3 is 11.4 Å². The second-order valence-electron chi connectivity index (χ2n) is 5.83. The Labute approximate surface area is 120 Å². The Bertz CT molecular complexity index is 860. The van der Waals surface area contributed by atoms with Crippen LogP contribution in [0.4, 0.5) is 0 Å². The average Bonchev–Trinajstić information content (AvgIpc) is 2.73. The molecule has 0 saturated heterocycles. The van der Waals surface area contributed by atoms with Crippen LogP contribution in [0.2, 0.25) is 0 Å². The van der Waals surface area contributed by atoms with E-state index < -0.39 is 0 Å². The molecule has 2 aliphatic carbocycles. The standard InChI is InChI=1S/C16H13N3O2/c20-15-17(10-4-2-1-3-5-10)16(21)19-14-9-8-13(18(15)19)11-6-7-12(11)14/h1-9,11-14H. The van der Waals surface area contributed by atoms with E-state index in [1.165, 1.54) is 4.57 Å². The van der Waals surface area contributed by atoms with E-state index in [-0.39, 0.29) is 23.5 Å². The average molecular weight is 279 g/mol. The van der Waals surface area contributed by atoms with Crippen molar-refractivity contribution in [3.8, 4) is 5.69 Å². The lowest BCUT2D eigenvalue weighted by Gasteiger charge is -2.47. The Kier molecular flexibility index (Phi) is 1.88. The second-order valence-corrected chi connectivity index (χ2v) is 5.83. The molecule has 2 aromatic rings. The fraction of sp³-hybridized carbons (Fsp3) is 0.250. The van der Waals surface area contributed by atoms with Gasteiger partial charge in [0.05, 0.1) is 17.8 Å². The van der Waals surface area contributed by atoms with E-state index in [1.54, 1.807) is 21.5 Å². The second kappa shape index (κ2) is 3.55. The highest BCUT2D eigenvalue weighted by Crippen LogP contribution is 2.49. The van der Waals surface area contributed by atoms with E-state index in [0.717, 1.165) is 0 Å². The zero-order valence-electron chi connectivity index (χ0n) is 11.2. The Morgan fingerprint density at radius 3 is 1.71 bits per heavy atom. The predicted molar refractivity (Wildman–Crippen MR) is 77.6 cm³/mol. The van der Waals surface area contributed by atoms with Gasteiger partial charge in [0.25, 0.3) is 0 Å². The maximum atomic E-state index is 12.7. The van der Waals surface area contributed by atoms with Crippen molar-refractivity contribution in [1.82, 2.24) is 13.9 Å². The molecule has 6 rings (SSSR count). The van der Waals surface area contributed by atoms with Crippen molar-refractivity contribution in [2.45, 2.75) is 12.1 Å². The molecule has 0 radical (unpaired) electrons. The van der Waals surface area contributed by atoms with Crippen LogP contribution in [-0.2, 0) is 0 Å².